The third-order valence-electron chi connectivity index (χ3n) is 4.65. The van der Waals surface area contributed by atoms with Crippen LogP contribution in [0.1, 0.15) is 5.56 Å². The Bertz CT molecular complexity index is 1480. The van der Waals surface area contributed by atoms with Crippen LogP contribution < -0.4 is 11.2 Å². The number of hydrogen-bond acceptors (Lipinski definition) is 4. The molecule has 0 bridgehead atoms. The first-order valence-electron chi connectivity index (χ1n) is 8.51. The minimum Gasteiger partial charge on any atom is -0.305 e. The summed E-state index contributed by atoms with van der Waals surface area (Å²) >= 11 is 7.40. The summed E-state index contributed by atoms with van der Waals surface area (Å²) in [6.45, 7) is 1.88. The van der Waals surface area contributed by atoms with E-state index in [4.69, 9.17) is 11.6 Å². The number of para-hydroxylation sites is 1. The van der Waals surface area contributed by atoms with E-state index in [0.29, 0.717) is 20.9 Å². The number of imidazole rings is 1. The number of pyridine rings is 1. The molecule has 0 saturated carbocycles. The number of nitrogens with one attached hydrogen (secondary N) is 1. The van der Waals surface area contributed by atoms with E-state index in [2.05, 4.69) is 9.97 Å². The van der Waals surface area contributed by atoms with Gasteiger partial charge >= 0.3 is 5.69 Å². The number of thiophene rings is 1. The van der Waals surface area contributed by atoms with Gasteiger partial charge in [-0.2, -0.15) is 0 Å². The molecule has 0 radical (unpaired) electrons. The molecule has 4 heterocycles. The van der Waals surface area contributed by atoms with Crippen molar-refractivity contribution in [2.24, 2.45) is 0 Å². The lowest BCUT2D eigenvalue weighted by Gasteiger charge is -2.04. The smallest absolute Gasteiger partial charge is 0.305 e. The predicted octanol–water partition coefficient (Wildman–Crippen LogP) is 4.02. The molecule has 5 rings (SSSR count). The second kappa shape index (κ2) is 6.19. The van der Waals surface area contributed by atoms with E-state index in [1.165, 1.54) is 11.3 Å². The van der Waals surface area contributed by atoms with Crippen LogP contribution in [0.15, 0.2) is 64.4 Å². The minimum atomic E-state index is -0.460. The van der Waals surface area contributed by atoms with Crippen molar-refractivity contribution in [1.82, 2.24) is 18.9 Å². The molecular formula is C20H13ClN4O2S. The number of benzene rings is 1. The molecule has 0 amide bonds. The van der Waals surface area contributed by atoms with Gasteiger partial charge < -0.3 is 4.40 Å². The summed E-state index contributed by atoms with van der Waals surface area (Å²) in [5.41, 5.74) is 2.01. The van der Waals surface area contributed by atoms with E-state index < -0.39 is 5.69 Å². The zero-order valence-electron chi connectivity index (χ0n) is 14.6. The summed E-state index contributed by atoms with van der Waals surface area (Å²) < 4.78 is 3.00. The van der Waals surface area contributed by atoms with Crippen LogP contribution in [0.25, 0.3) is 32.1 Å². The molecule has 0 spiro atoms. The maximum Gasteiger partial charge on any atom is 0.334 e. The highest BCUT2D eigenvalue weighted by Crippen LogP contribution is 2.35. The van der Waals surface area contributed by atoms with Crippen molar-refractivity contribution in [3.05, 3.63) is 86.3 Å². The lowest BCUT2D eigenvalue weighted by atomic mass is 10.2. The highest BCUT2D eigenvalue weighted by atomic mass is 35.5. The second-order valence-electron chi connectivity index (χ2n) is 6.41. The monoisotopic (exact) mass is 408 g/mol. The predicted molar refractivity (Wildman–Crippen MR) is 112 cm³/mol. The average molecular weight is 409 g/mol. The number of halogens is 1. The van der Waals surface area contributed by atoms with Crippen molar-refractivity contribution in [2.45, 2.75) is 6.92 Å². The molecule has 4 aromatic heterocycles. The first kappa shape index (κ1) is 17.0. The highest BCUT2D eigenvalue weighted by molar-refractivity contribution is 7.22. The third-order valence-corrected chi connectivity index (χ3v) is 6.10. The molecular weight excluding hydrogens is 396 g/mol. The number of aromatic nitrogens is 4. The van der Waals surface area contributed by atoms with E-state index in [1.54, 1.807) is 36.5 Å². The number of hydrogen-bond donors (Lipinski definition) is 1. The minimum absolute atomic E-state index is 0.336. The Hall–Kier alpha value is -3.16. The fraction of sp³-hybridized carbons (Fsp3) is 0.0500. The van der Waals surface area contributed by atoms with Crippen molar-refractivity contribution >= 4 is 38.8 Å². The van der Waals surface area contributed by atoms with E-state index in [0.717, 1.165) is 26.3 Å². The first-order chi connectivity index (χ1) is 13.5. The molecule has 0 atom stereocenters. The molecule has 6 nitrogen and oxygen atoms in total. The molecule has 28 heavy (non-hydrogen) atoms. The number of aromatic amines is 1. The summed E-state index contributed by atoms with van der Waals surface area (Å²) in [5.74, 6) is 0. The van der Waals surface area contributed by atoms with Gasteiger partial charge in [-0.05, 0) is 36.8 Å². The van der Waals surface area contributed by atoms with Gasteiger partial charge in [-0.1, -0.05) is 29.8 Å². The SMILES string of the molecule is Cc1c(-c2cn3cc(Cl)ccc3n2)sc2[nH]c(=O)n(-c3ccccc3)c(=O)c12. The zero-order valence-corrected chi connectivity index (χ0v) is 16.2. The molecule has 0 fully saturated rings. The number of aryl methyl sites for hydroxylation is 1. The summed E-state index contributed by atoms with van der Waals surface area (Å²) in [6, 6.07) is 12.5. The molecule has 138 valence electrons. The van der Waals surface area contributed by atoms with E-state index in [-0.39, 0.29) is 5.56 Å². The lowest BCUT2D eigenvalue weighted by molar-refractivity contribution is 0.903. The second-order valence-corrected chi connectivity index (χ2v) is 7.86. The Morgan fingerprint density at radius 3 is 2.64 bits per heavy atom. The molecule has 0 aliphatic rings. The summed E-state index contributed by atoms with van der Waals surface area (Å²) in [6.07, 6.45) is 3.65. The van der Waals surface area contributed by atoms with E-state index in [1.807, 2.05) is 29.7 Å². The van der Waals surface area contributed by atoms with Gasteiger partial charge in [-0.15, -0.1) is 11.3 Å². The maximum absolute atomic E-state index is 13.1. The van der Waals surface area contributed by atoms with E-state index >= 15 is 0 Å². The van der Waals surface area contributed by atoms with Crippen LogP contribution in [0.3, 0.4) is 0 Å². The third kappa shape index (κ3) is 2.51. The Labute approximate surface area is 167 Å². The topological polar surface area (TPSA) is 72.2 Å². The number of nitrogens with zero attached hydrogens (tertiary/aromatic N) is 3. The van der Waals surface area contributed by atoms with Crippen molar-refractivity contribution in [3.8, 4) is 16.3 Å². The van der Waals surface area contributed by atoms with Gasteiger partial charge in [-0.25, -0.2) is 14.3 Å². The Morgan fingerprint density at radius 2 is 1.86 bits per heavy atom. The fourth-order valence-electron chi connectivity index (χ4n) is 3.35. The Balaban J connectivity index is 1.78. The average Bonchev–Trinajstić information content (AvgIpc) is 3.23. The van der Waals surface area contributed by atoms with Crippen molar-refractivity contribution < 1.29 is 0 Å². The van der Waals surface area contributed by atoms with Crippen molar-refractivity contribution in [1.29, 1.82) is 0 Å². The van der Waals surface area contributed by atoms with E-state index in [9.17, 15) is 9.59 Å². The molecule has 1 aromatic carbocycles. The normalized spacial score (nSPS) is 11.5. The van der Waals surface area contributed by atoms with Crippen LogP contribution in [-0.4, -0.2) is 18.9 Å². The van der Waals surface area contributed by atoms with Crippen LogP contribution in [-0.2, 0) is 0 Å². The standard InChI is InChI=1S/C20H13ClN4O2S/c1-11-16-18(23-20(27)25(19(16)26)13-5-3-2-4-6-13)28-17(11)14-10-24-9-12(21)7-8-15(24)22-14/h2-10H,1H3,(H,23,27). The largest absolute Gasteiger partial charge is 0.334 e. The van der Waals surface area contributed by atoms with Crippen LogP contribution in [0.2, 0.25) is 5.02 Å². The molecule has 0 aliphatic heterocycles. The van der Waals surface area contributed by atoms with Crippen LogP contribution in [0, 0.1) is 6.92 Å². The van der Waals surface area contributed by atoms with Crippen molar-refractivity contribution in [3.63, 3.8) is 0 Å². The van der Waals surface area contributed by atoms with Crippen LogP contribution in [0.4, 0.5) is 0 Å². The Kier molecular flexibility index (Phi) is 3.75. The lowest BCUT2D eigenvalue weighted by Crippen LogP contribution is -2.33. The van der Waals surface area contributed by atoms with Gasteiger partial charge in [0, 0.05) is 12.4 Å². The maximum atomic E-state index is 13.1. The molecule has 0 saturated heterocycles. The number of H-pyrrole nitrogens is 1. The molecule has 8 heteroatoms. The fourth-order valence-corrected chi connectivity index (χ4v) is 4.66. The van der Waals surface area contributed by atoms with Gasteiger partial charge in [0.05, 0.1) is 26.7 Å². The van der Waals surface area contributed by atoms with Crippen LogP contribution in [0.5, 0.6) is 0 Å². The summed E-state index contributed by atoms with van der Waals surface area (Å²) in [5, 5.41) is 1.11. The number of fused-ring (bicyclic) bond motifs is 2. The Morgan fingerprint density at radius 1 is 1.07 bits per heavy atom. The van der Waals surface area contributed by atoms with Gasteiger partial charge in [0.2, 0.25) is 0 Å². The van der Waals surface area contributed by atoms with Gasteiger partial charge in [0.1, 0.15) is 10.5 Å². The molecule has 0 aliphatic carbocycles. The van der Waals surface area contributed by atoms with Crippen molar-refractivity contribution in [2.75, 3.05) is 0 Å². The first-order valence-corrected chi connectivity index (χ1v) is 9.71. The molecule has 5 aromatic rings. The molecule has 0 unspecified atom stereocenters. The van der Waals surface area contributed by atoms with Gasteiger partial charge in [0.15, 0.2) is 0 Å². The summed E-state index contributed by atoms with van der Waals surface area (Å²) in [4.78, 5) is 34.6. The zero-order chi connectivity index (χ0) is 19.4. The quantitative estimate of drug-likeness (QED) is 0.479. The highest BCUT2D eigenvalue weighted by Gasteiger charge is 2.19. The van der Waals surface area contributed by atoms with Gasteiger partial charge in [0.25, 0.3) is 5.56 Å². The number of rotatable bonds is 2. The van der Waals surface area contributed by atoms with Crippen LogP contribution >= 0.6 is 22.9 Å². The molecule has 1 N–H and O–H groups in total. The van der Waals surface area contributed by atoms with Gasteiger partial charge in [-0.3, -0.25) is 9.78 Å². The summed E-state index contributed by atoms with van der Waals surface area (Å²) in [7, 11) is 0.